The number of carboxylic acid groups (broad SMARTS) is 1. The van der Waals surface area contributed by atoms with Crippen LogP contribution in [0.2, 0.25) is 0 Å². The number of aliphatic carboxylic acids is 1. The van der Waals surface area contributed by atoms with E-state index < -0.39 is 12.0 Å². The van der Waals surface area contributed by atoms with Crippen LogP contribution in [0.4, 0.5) is 4.79 Å². The topological polar surface area (TPSA) is 69.6 Å². The van der Waals surface area contributed by atoms with Crippen molar-refractivity contribution in [1.82, 2.24) is 10.2 Å². The number of urea groups is 1. The Kier molecular flexibility index (Phi) is 5.57. The third-order valence-corrected chi connectivity index (χ3v) is 5.52. The van der Waals surface area contributed by atoms with E-state index in [2.05, 4.69) is 11.6 Å². The van der Waals surface area contributed by atoms with E-state index in [0.717, 1.165) is 38.5 Å². The van der Waals surface area contributed by atoms with E-state index in [1.165, 1.54) is 4.90 Å². The van der Waals surface area contributed by atoms with E-state index >= 15 is 0 Å². The molecule has 0 spiro atoms. The normalized spacial score (nSPS) is 30.9. The fourth-order valence-corrected chi connectivity index (χ4v) is 3.88. The van der Waals surface area contributed by atoms with Crippen molar-refractivity contribution >= 4 is 23.8 Å². The highest BCUT2D eigenvalue weighted by Gasteiger charge is 2.33. The number of amides is 2. The Bertz CT molecular complexity index is 356. The molecule has 0 bridgehead atoms. The molecule has 0 aromatic carbocycles. The highest BCUT2D eigenvalue weighted by atomic mass is 32.2. The molecule has 1 saturated carbocycles. The van der Waals surface area contributed by atoms with E-state index in [1.54, 1.807) is 0 Å². The van der Waals surface area contributed by atoms with E-state index in [1.807, 2.05) is 11.8 Å². The first-order chi connectivity index (χ1) is 9.61. The van der Waals surface area contributed by atoms with Crippen molar-refractivity contribution in [2.45, 2.75) is 62.3 Å². The molecule has 20 heavy (non-hydrogen) atoms. The van der Waals surface area contributed by atoms with Gasteiger partial charge in [0.05, 0.1) is 0 Å². The van der Waals surface area contributed by atoms with Gasteiger partial charge in [0.25, 0.3) is 0 Å². The van der Waals surface area contributed by atoms with Crippen LogP contribution in [0.3, 0.4) is 0 Å². The van der Waals surface area contributed by atoms with Crippen LogP contribution in [0.1, 0.15) is 44.9 Å². The van der Waals surface area contributed by atoms with Gasteiger partial charge in [0.1, 0.15) is 6.04 Å². The third kappa shape index (κ3) is 3.81. The lowest BCUT2D eigenvalue weighted by molar-refractivity contribution is -0.143. The lowest BCUT2D eigenvalue weighted by Crippen LogP contribution is -2.54. The first-order valence-corrected chi connectivity index (χ1v) is 8.73. The largest absolute Gasteiger partial charge is 0.480 e. The van der Waals surface area contributed by atoms with Crippen LogP contribution < -0.4 is 5.32 Å². The van der Waals surface area contributed by atoms with Gasteiger partial charge in [-0.3, -0.25) is 0 Å². The monoisotopic (exact) mass is 300 g/mol. The Hall–Kier alpha value is -0.910. The van der Waals surface area contributed by atoms with Gasteiger partial charge in [-0.15, -0.1) is 0 Å². The Morgan fingerprint density at radius 1 is 1.15 bits per heavy atom. The summed E-state index contributed by atoms with van der Waals surface area (Å²) in [6.45, 7) is 0.558. The zero-order valence-electron chi connectivity index (χ0n) is 12.0. The zero-order valence-corrected chi connectivity index (χ0v) is 12.8. The Balaban J connectivity index is 1.86. The van der Waals surface area contributed by atoms with Crippen molar-refractivity contribution in [3.05, 3.63) is 0 Å². The molecule has 1 unspecified atom stereocenters. The van der Waals surface area contributed by atoms with Crippen molar-refractivity contribution in [2.75, 3.05) is 12.8 Å². The summed E-state index contributed by atoms with van der Waals surface area (Å²) in [7, 11) is 0. The van der Waals surface area contributed by atoms with E-state index in [0.29, 0.717) is 18.2 Å². The van der Waals surface area contributed by atoms with E-state index in [4.69, 9.17) is 0 Å². The smallest absolute Gasteiger partial charge is 0.326 e. The average Bonchev–Trinajstić information content (AvgIpc) is 2.48. The number of nitrogens with zero attached hydrogens (tertiary/aromatic N) is 1. The minimum atomic E-state index is -0.883. The van der Waals surface area contributed by atoms with Crippen LogP contribution >= 0.6 is 11.8 Å². The number of hydrogen-bond acceptors (Lipinski definition) is 3. The van der Waals surface area contributed by atoms with Crippen molar-refractivity contribution in [3.63, 3.8) is 0 Å². The number of nitrogens with one attached hydrogen (secondary N) is 1. The minimum absolute atomic E-state index is 0.190. The van der Waals surface area contributed by atoms with Gasteiger partial charge in [0.2, 0.25) is 0 Å². The second-order valence-corrected chi connectivity index (χ2v) is 6.84. The number of hydrogen-bond donors (Lipinski definition) is 2. The van der Waals surface area contributed by atoms with Crippen LogP contribution in [0.15, 0.2) is 0 Å². The summed E-state index contributed by atoms with van der Waals surface area (Å²) in [5.41, 5.74) is 0. The third-order valence-electron chi connectivity index (χ3n) is 4.38. The van der Waals surface area contributed by atoms with Gasteiger partial charge in [-0.1, -0.05) is 0 Å². The molecule has 1 atom stereocenters. The number of carbonyl (C=O) groups is 2. The summed E-state index contributed by atoms with van der Waals surface area (Å²) in [5.74, 6) is -0.883. The fraction of sp³-hybridized carbons (Fsp3) is 0.857. The van der Waals surface area contributed by atoms with Gasteiger partial charge in [0, 0.05) is 17.8 Å². The molecule has 1 aliphatic heterocycles. The summed E-state index contributed by atoms with van der Waals surface area (Å²) in [6, 6.07) is -0.627. The van der Waals surface area contributed by atoms with Gasteiger partial charge in [-0.25, -0.2) is 9.59 Å². The van der Waals surface area contributed by atoms with Crippen LogP contribution in [-0.4, -0.2) is 52.1 Å². The molecule has 0 aromatic heterocycles. The molecule has 6 heteroatoms. The first-order valence-electron chi connectivity index (χ1n) is 7.44. The van der Waals surface area contributed by atoms with Crippen molar-refractivity contribution in [3.8, 4) is 0 Å². The molecular weight excluding hydrogens is 276 g/mol. The van der Waals surface area contributed by atoms with Gasteiger partial charge in [0.15, 0.2) is 0 Å². The van der Waals surface area contributed by atoms with Gasteiger partial charge in [-0.05, 0) is 51.2 Å². The van der Waals surface area contributed by atoms with E-state index in [9.17, 15) is 14.7 Å². The highest BCUT2D eigenvalue weighted by molar-refractivity contribution is 7.99. The van der Waals surface area contributed by atoms with Crippen LogP contribution in [0, 0.1) is 0 Å². The summed E-state index contributed by atoms with van der Waals surface area (Å²) >= 11 is 1.90. The van der Waals surface area contributed by atoms with Gasteiger partial charge in [-0.2, -0.15) is 11.8 Å². The summed E-state index contributed by atoms with van der Waals surface area (Å²) in [4.78, 5) is 25.0. The summed E-state index contributed by atoms with van der Waals surface area (Å²) in [6.07, 6.45) is 8.77. The molecule has 1 heterocycles. The lowest BCUT2D eigenvalue weighted by atomic mass is 9.95. The first kappa shape index (κ1) is 15.5. The van der Waals surface area contributed by atoms with Crippen LogP contribution in [0.25, 0.3) is 0 Å². The lowest BCUT2D eigenvalue weighted by Gasteiger charge is -2.35. The molecule has 2 fully saturated rings. The molecule has 5 nitrogen and oxygen atoms in total. The summed E-state index contributed by atoms with van der Waals surface area (Å²) in [5, 5.41) is 13.0. The van der Waals surface area contributed by atoms with Crippen molar-refractivity contribution < 1.29 is 14.7 Å². The highest BCUT2D eigenvalue weighted by Crippen LogP contribution is 2.27. The van der Waals surface area contributed by atoms with E-state index in [-0.39, 0.29) is 12.1 Å². The molecule has 1 saturated heterocycles. The SMILES string of the molecule is CSC1CCC(NC(=O)N2CCCCC2C(=O)O)CC1. The van der Waals surface area contributed by atoms with Crippen LogP contribution in [0.5, 0.6) is 0 Å². The van der Waals surface area contributed by atoms with Gasteiger partial charge < -0.3 is 15.3 Å². The van der Waals surface area contributed by atoms with Crippen molar-refractivity contribution in [1.29, 1.82) is 0 Å². The predicted octanol–water partition coefficient (Wildman–Crippen LogP) is 2.31. The maximum absolute atomic E-state index is 12.3. The number of carbonyl (C=O) groups excluding carboxylic acids is 1. The minimum Gasteiger partial charge on any atom is -0.480 e. The van der Waals surface area contributed by atoms with Crippen molar-refractivity contribution in [2.24, 2.45) is 0 Å². The van der Waals surface area contributed by atoms with Gasteiger partial charge >= 0.3 is 12.0 Å². The number of thioether (sulfide) groups is 1. The molecule has 2 N–H and O–H groups in total. The maximum Gasteiger partial charge on any atom is 0.326 e. The quantitative estimate of drug-likeness (QED) is 0.839. The molecule has 2 amide bonds. The molecular formula is C14H24N2O3S. The number of carboxylic acids is 1. The second-order valence-electron chi connectivity index (χ2n) is 5.70. The Morgan fingerprint density at radius 3 is 2.45 bits per heavy atom. The Labute approximate surface area is 124 Å². The molecule has 0 aromatic rings. The zero-order chi connectivity index (χ0) is 14.5. The molecule has 114 valence electrons. The average molecular weight is 300 g/mol. The molecule has 1 aliphatic carbocycles. The second kappa shape index (κ2) is 7.20. The van der Waals surface area contributed by atoms with Crippen LogP contribution in [-0.2, 0) is 4.79 Å². The molecule has 2 aliphatic rings. The molecule has 0 radical (unpaired) electrons. The number of likely N-dealkylation sites (tertiary alicyclic amines) is 1. The standard InChI is InChI=1S/C14H24N2O3S/c1-20-11-7-5-10(6-8-11)15-14(19)16-9-3-2-4-12(16)13(17)18/h10-12H,2-9H2,1H3,(H,15,19)(H,17,18). The predicted molar refractivity (Wildman–Crippen MR) is 80.1 cm³/mol. The maximum atomic E-state index is 12.3. The summed E-state index contributed by atoms with van der Waals surface area (Å²) < 4.78 is 0. The number of rotatable bonds is 3. The number of piperidine rings is 1. The Morgan fingerprint density at radius 2 is 1.85 bits per heavy atom. The molecule has 2 rings (SSSR count). The fourth-order valence-electron chi connectivity index (χ4n) is 3.13.